The molecule has 0 saturated carbocycles. The summed E-state index contributed by atoms with van der Waals surface area (Å²) in [5.41, 5.74) is 1.79. The van der Waals surface area contributed by atoms with Crippen LogP contribution in [0, 0.1) is 30.1 Å². The zero-order valence-electron chi connectivity index (χ0n) is 6.56. The van der Waals surface area contributed by atoms with E-state index in [1.54, 1.807) is 12.1 Å². The highest BCUT2D eigenvalue weighted by atomic mass is 35.5. The number of nitriles is 1. The van der Waals surface area contributed by atoms with Crippen molar-refractivity contribution in [3.63, 3.8) is 0 Å². The van der Waals surface area contributed by atoms with Crippen molar-refractivity contribution in [3.05, 3.63) is 34.3 Å². The number of hydrogen-bond acceptors (Lipinski definition) is 1. The molecular formula is C10H6ClN. The minimum atomic E-state index is 0.586. The molecule has 2 heteroatoms. The maximum atomic E-state index is 8.22. The van der Waals surface area contributed by atoms with Gasteiger partial charge in [-0.2, -0.15) is 5.26 Å². The van der Waals surface area contributed by atoms with Crippen molar-refractivity contribution in [2.75, 3.05) is 0 Å². The molecule has 0 unspecified atom stereocenters. The fourth-order valence-corrected chi connectivity index (χ4v) is 0.995. The van der Waals surface area contributed by atoms with Crippen LogP contribution in [-0.2, 0) is 0 Å². The second-order valence-corrected chi connectivity index (χ2v) is 2.75. The molecule has 0 spiro atoms. The standard InChI is InChI=1S/C10H6ClN/c1-8-4-5-10(11)9(7-8)3-2-6-12/h4-5,7H,1H3. The van der Waals surface area contributed by atoms with Crippen LogP contribution in [0.4, 0.5) is 0 Å². The Bertz CT molecular complexity index is 391. The van der Waals surface area contributed by atoms with Crippen LogP contribution in [0.5, 0.6) is 0 Å². The maximum Gasteiger partial charge on any atom is 0.152 e. The second kappa shape index (κ2) is 3.81. The highest BCUT2D eigenvalue weighted by Crippen LogP contribution is 2.15. The fraction of sp³-hybridized carbons (Fsp3) is 0.100. The fourth-order valence-electron chi connectivity index (χ4n) is 0.830. The van der Waals surface area contributed by atoms with Crippen LogP contribution >= 0.6 is 11.6 Å². The highest BCUT2D eigenvalue weighted by molar-refractivity contribution is 6.31. The first kappa shape index (κ1) is 8.65. The van der Waals surface area contributed by atoms with Crippen molar-refractivity contribution in [1.29, 1.82) is 5.26 Å². The molecule has 0 amide bonds. The van der Waals surface area contributed by atoms with Gasteiger partial charge in [-0.3, -0.25) is 0 Å². The van der Waals surface area contributed by atoms with E-state index in [1.165, 1.54) is 0 Å². The Morgan fingerprint density at radius 1 is 1.42 bits per heavy atom. The van der Waals surface area contributed by atoms with Gasteiger partial charge in [-0.15, -0.1) is 0 Å². The summed E-state index contributed by atoms with van der Waals surface area (Å²) in [6.07, 6.45) is 0. The van der Waals surface area contributed by atoms with Crippen molar-refractivity contribution >= 4 is 11.6 Å². The first-order valence-corrected chi connectivity index (χ1v) is 3.78. The molecule has 0 fully saturated rings. The molecule has 0 aliphatic rings. The molecule has 1 aromatic rings. The predicted octanol–water partition coefficient (Wildman–Crippen LogP) is 2.52. The first-order chi connectivity index (χ1) is 5.74. The van der Waals surface area contributed by atoms with Crippen LogP contribution in [0.2, 0.25) is 5.02 Å². The van der Waals surface area contributed by atoms with Crippen molar-refractivity contribution in [2.24, 2.45) is 0 Å². The zero-order chi connectivity index (χ0) is 8.97. The van der Waals surface area contributed by atoms with Crippen molar-refractivity contribution in [1.82, 2.24) is 0 Å². The summed E-state index contributed by atoms with van der Waals surface area (Å²) < 4.78 is 0. The van der Waals surface area contributed by atoms with Gasteiger partial charge in [0.05, 0.1) is 5.02 Å². The summed E-state index contributed by atoms with van der Waals surface area (Å²) in [7, 11) is 0. The van der Waals surface area contributed by atoms with Crippen LogP contribution in [-0.4, -0.2) is 0 Å². The summed E-state index contributed by atoms with van der Waals surface area (Å²) in [6, 6.07) is 7.28. The largest absolute Gasteiger partial charge is 0.183 e. The molecule has 1 aromatic carbocycles. The Kier molecular flexibility index (Phi) is 2.75. The van der Waals surface area contributed by atoms with Crippen LogP contribution in [0.3, 0.4) is 0 Å². The normalized spacial score (nSPS) is 8.08. The lowest BCUT2D eigenvalue weighted by Gasteiger charge is -1.95. The molecule has 1 nitrogen and oxygen atoms in total. The molecule has 12 heavy (non-hydrogen) atoms. The van der Waals surface area contributed by atoms with Crippen molar-refractivity contribution < 1.29 is 0 Å². The summed E-state index contributed by atoms with van der Waals surface area (Å²) in [5, 5.41) is 8.81. The van der Waals surface area contributed by atoms with E-state index >= 15 is 0 Å². The third-order valence-corrected chi connectivity index (χ3v) is 1.70. The Morgan fingerprint density at radius 2 is 2.17 bits per heavy atom. The molecule has 0 aliphatic heterocycles. The zero-order valence-corrected chi connectivity index (χ0v) is 7.31. The topological polar surface area (TPSA) is 23.8 Å². The Hall–Kier alpha value is -1.44. The molecule has 0 N–H and O–H groups in total. The van der Waals surface area contributed by atoms with E-state index in [2.05, 4.69) is 11.8 Å². The van der Waals surface area contributed by atoms with Gasteiger partial charge in [-0.05, 0) is 30.5 Å². The first-order valence-electron chi connectivity index (χ1n) is 3.40. The summed E-state index contributed by atoms with van der Waals surface area (Å²) in [4.78, 5) is 0. The van der Waals surface area contributed by atoms with E-state index < -0.39 is 0 Å². The van der Waals surface area contributed by atoms with Gasteiger partial charge in [0, 0.05) is 11.5 Å². The number of hydrogen-bond donors (Lipinski definition) is 0. The maximum absolute atomic E-state index is 8.22. The quantitative estimate of drug-likeness (QED) is 0.556. The molecule has 0 bridgehead atoms. The third kappa shape index (κ3) is 2.02. The third-order valence-electron chi connectivity index (χ3n) is 1.37. The van der Waals surface area contributed by atoms with Crippen LogP contribution in [0.1, 0.15) is 11.1 Å². The minimum absolute atomic E-state index is 0.586. The van der Waals surface area contributed by atoms with Gasteiger partial charge in [0.2, 0.25) is 0 Å². The van der Waals surface area contributed by atoms with Crippen molar-refractivity contribution in [2.45, 2.75) is 6.92 Å². The van der Waals surface area contributed by atoms with Crippen molar-refractivity contribution in [3.8, 4) is 17.9 Å². The van der Waals surface area contributed by atoms with Crippen LogP contribution in [0.15, 0.2) is 18.2 Å². The van der Waals surface area contributed by atoms with Gasteiger partial charge in [0.25, 0.3) is 0 Å². The van der Waals surface area contributed by atoms with Crippen LogP contribution in [0.25, 0.3) is 0 Å². The highest BCUT2D eigenvalue weighted by Gasteiger charge is 1.95. The molecule has 0 aromatic heterocycles. The summed E-state index contributed by atoms with van der Waals surface area (Å²) in [6.45, 7) is 1.95. The van der Waals surface area contributed by atoms with Gasteiger partial charge >= 0.3 is 0 Å². The van der Waals surface area contributed by atoms with E-state index in [9.17, 15) is 0 Å². The van der Waals surface area contributed by atoms with E-state index in [0.29, 0.717) is 10.6 Å². The average Bonchev–Trinajstić information content (AvgIpc) is 2.07. The summed E-state index contributed by atoms with van der Waals surface area (Å²) >= 11 is 5.82. The van der Waals surface area contributed by atoms with Gasteiger partial charge in [0.1, 0.15) is 0 Å². The number of rotatable bonds is 0. The summed E-state index contributed by atoms with van der Waals surface area (Å²) in [5.74, 6) is 4.96. The molecular weight excluding hydrogens is 170 g/mol. The smallest absolute Gasteiger partial charge is 0.152 e. The number of aryl methyl sites for hydroxylation is 1. The molecule has 58 valence electrons. The Labute approximate surface area is 76.6 Å². The number of halogens is 1. The predicted molar refractivity (Wildman–Crippen MR) is 48.7 cm³/mol. The monoisotopic (exact) mass is 175 g/mol. The van der Waals surface area contributed by atoms with E-state index in [1.807, 2.05) is 19.1 Å². The van der Waals surface area contributed by atoms with Gasteiger partial charge in [-0.25, -0.2) is 0 Å². The van der Waals surface area contributed by atoms with E-state index in [0.717, 1.165) is 5.56 Å². The lowest BCUT2D eigenvalue weighted by molar-refractivity contribution is 1.45. The average molecular weight is 176 g/mol. The number of nitrogens with zero attached hydrogens (tertiary/aromatic N) is 1. The lowest BCUT2D eigenvalue weighted by Crippen LogP contribution is -1.78. The molecule has 0 atom stereocenters. The molecule has 0 saturated heterocycles. The minimum Gasteiger partial charge on any atom is -0.183 e. The Morgan fingerprint density at radius 3 is 2.83 bits per heavy atom. The molecule has 0 radical (unpaired) electrons. The molecule has 1 rings (SSSR count). The number of benzene rings is 1. The Balaban J connectivity index is 3.16. The van der Waals surface area contributed by atoms with Gasteiger partial charge < -0.3 is 0 Å². The second-order valence-electron chi connectivity index (χ2n) is 2.35. The van der Waals surface area contributed by atoms with Gasteiger partial charge in [0.15, 0.2) is 6.07 Å². The van der Waals surface area contributed by atoms with E-state index in [4.69, 9.17) is 16.9 Å². The van der Waals surface area contributed by atoms with Gasteiger partial charge in [-0.1, -0.05) is 17.7 Å². The molecule has 0 heterocycles. The lowest BCUT2D eigenvalue weighted by atomic mass is 10.1. The molecule has 0 aliphatic carbocycles. The van der Waals surface area contributed by atoms with Crippen LogP contribution < -0.4 is 0 Å². The van der Waals surface area contributed by atoms with E-state index in [-0.39, 0.29) is 0 Å². The SMILES string of the molecule is Cc1ccc(Cl)c(C#CC#N)c1.